The van der Waals surface area contributed by atoms with Crippen LogP contribution in [0.25, 0.3) is 10.9 Å². The number of rotatable bonds is 2. The van der Waals surface area contributed by atoms with E-state index < -0.39 is 0 Å². The smallest absolute Gasteiger partial charge is 0.314 e. The van der Waals surface area contributed by atoms with E-state index in [2.05, 4.69) is 10.6 Å². The summed E-state index contributed by atoms with van der Waals surface area (Å²) in [5, 5.41) is 10.5. The van der Waals surface area contributed by atoms with E-state index in [-0.39, 0.29) is 11.9 Å². The number of hydrogen-bond donors (Lipinski definition) is 0. The Labute approximate surface area is 123 Å². The van der Waals surface area contributed by atoms with Crippen LogP contribution in [0.1, 0.15) is 43.4 Å². The molecule has 21 heavy (non-hydrogen) atoms. The van der Waals surface area contributed by atoms with Crippen LogP contribution in [0.4, 0.5) is 0 Å². The van der Waals surface area contributed by atoms with Gasteiger partial charge in [-0.1, -0.05) is 24.6 Å². The van der Waals surface area contributed by atoms with Gasteiger partial charge in [-0.05, 0) is 25.8 Å². The second kappa shape index (κ2) is 5.61. The van der Waals surface area contributed by atoms with Gasteiger partial charge in [0.1, 0.15) is 6.07 Å². The van der Waals surface area contributed by atoms with Crippen LogP contribution in [0.2, 0.25) is 0 Å². The number of fused-ring (bicyclic) bond motifs is 3. The Kier molecular flexibility index (Phi) is 3.66. The van der Waals surface area contributed by atoms with Crippen molar-refractivity contribution in [3.05, 3.63) is 35.5 Å². The van der Waals surface area contributed by atoms with Crippen LogP contribution in [0.15, 0.2) is 24.3 Å². The zero-order valence-corrected chi connectivity index (χ0v) is 12.1. The third kappa shape index (κ3) is 2.19. The molecule has 1 atom stereocenters. The molecule has 0 fully saturated rings. The molecule has 0 aliphatic carbocycles. The highest BCUT2D eigenvalue weighted by molar-refractivity contribution is 5.91. The molecule has 108 valence electrons. The van der Waals surface area contributed by atoms with Gasteiger partial charge >= 0.3 is 5.97 Å². The van der Waals surface area contributed by atoms with E-state index in [1.807, 2.05) is 31.2 Å². The van der Waals surface area contributed by atoms with Gasteiger partial charge in [-0.25, -0.2) is 0 Å². The van der Waals surface area contributed by atoms with Crippen molar-refractivity contribution in [2.75, 3.05) is 6.61 Å². The maximum Gasteiger partial charge on any atom is 0.314 e. The molecule has 1 unspecified atom stereocenters. The zero-order valence-electron chi connectivity index (χ0n) is 12.1. The number of benzene rings is 1. The molecule has 4 nitrogen and oxygen atoms in total. The molecule has 0 radical (unpaired) electrons. The Balaban J connectivity index is 2.24. The predicted molar refractivity (Wildman–Crippen MR) is 79.9 cm³/mol. The minimum Gasteiger partial charge on any atom is -0.465 e. The Morgan fingerprint density at radius 3 is 3.00 bits per heavy atom. The molecule has 2 heterocycles. The van der Waals surface area contributed by atoms with Gasteiger partial charge in [0.2, 0.25) is 0 Å². The van der Waals surface area contributed by atoms with Crippen molar-refractivity contribution in [1.29, 1.82) is 5.26 Å². The maximum absolute atomic E-state index is 12.3. The number of carbonyl (C=O) groups excluding carboxylic acids is 1. The van der Waals surface area contributed by atoms with Gasteiger partial charge < -0.3 is 9.30 Å². The number of nitrogens with zero attached hydrogens (tertiary/aromatic N) is 2. The van der Waals surface area contributed by atoms with Crippen molar-refractivity contribution in [3.63, 3.8) is 0 Å². The monoisotopic (exact) mass is 282 g/mol. The lowest BCUT2D eigenvalue weighted by molar-refractivity contribution is -0.145. The number of nitriles is 1. The molecule has 2 aromatic rings. The topological polar surface area (TPSA) is 55.0 Å². The Morgan fingerprint density at radius 2 is 2.24 bits per heavy atom. The number of hydrogen-bond acceptors (Lipinski definition) is 3. The number of carbonyl (C=O) groups is 1. The Bertz CT molecular complexity index is 724. The van der Waals surface area contributed by atoms with Crippen molar-refractivity contribution in [1.82, 2.24) is 4.57 Å². The zero-order chi connectivity index (χ0) is 14.8. The molecule has 0 saturated heterocycles. The predicted octanol–water partition coefficient (Wildman–Crippen LogP) is 3.34. The Hall–Kier alpha value is -2.28. The highest BCUT2D eigenvalue weighted by Gasteiger charge is 2.31. The van der Waals surface area contributed by atoms with Crippen LogP contribution in [0.5, 0.6) is 0 Å². The van der Waals surface area contributed by atoms with Crippen LogP contribution >= 0.6 is 0 Å². The van der Waals surface area contributed by atoms with Gasteiger partial charge in [0.15, 0.2) is 0 Å². The van der Waals surface area contributed by atoms with Crippen LogP contribution in [0, 0.1) is 11.3 Å². The molecular weight excluding hydrogens is 264 g/mol. The van der Waals surface area contributed by atoms with Gasteiger partial charge in [-0.2, -0.15) is 5.26 Å². The lowest BCUT2D eigenvalue weighted by Crippen LogP contribution is -2.18. The van der Waals surface area contributed by atoms with Gasteiger partial charge in [-0.15, -0.1) is 0 Å². The molecule has 1 aromatic carbocycles. The fraction of sp³-hybridized carbons (Fsp3) is 0.412. The highest BCUT2D eigenvalue weighted by atomic mass is 16.5. The molecule has 0 bridgehead atoms. The summed E-state index contributed by atoms with van der Waals surface area (Å²) in [7, 11) is 0. The van der Waals surface area contributed by atoms with Crippen molar-refractivity contribution >= 4 is 16.9 Å². The molecule has 0 amide bonds. The minimum atomic E-state index is -0.325. The van der Waals surface area contributed by atoms with Crippen molar-refractivity contribution in [2.24, 2.45) is 0 Å². The van der Waals surface area contributed by atoms with Crippen LogP contribution in [-0.2, 0) is 16.1 Å². The molecule has 4 heteroatoms. The molecule has 3 rings (SSSR count). The third-order valence-electron chi connectivity index (χ3n) is 4.15. The second-order valence-electron chi connectivity index (χ2n) is 5.34. The van der Waals surface area contributed by atoms with Crippen molar-refractivity contribution in [3.8, 4) is 6.07 Å². The molecule has 1 aliphatic heterocycles. The average Bonchev–Trinajstić information content (AvgIpc) is 2.66. The first-order valence-corrected chi connectivity index (χ1v) is 7.45. The van der Waals surface area contributed by atoms with Gasteiger partial charge in [-0.3, -0.25) is 4.79 Å². The largest absolute Gasteiger partial charge is 0.465 e. The number of esters is 1. The van der Waals surface area contributed by atoms with Gasteiger partial charge in [0.05, 0.1) is 23.8 Å². The number of ether oxygens (including phenoxy) is 1. The van der Waals surface area contributed by atoms with E-state index in [1.165, 1.54) is 0 Å². The summed E-state index contributed by atoms with van der Waals surface area (Å²) in [4.78, 5) is 12.3. The molecule has 0 N–H and O–H groups in total. The van der Waals surface area contributed by atoms with Crippen LogP contribution in [0.3, 0.4) is 0 Å². The number of aryl methyl sites for hydroxylation is 1. The summed E-state index contributed by atoms with van der Waals surface area (Å²) in [6.07, 6.45) is 2.75. The molecular formula is C17H18N2O2. The maximum atomic E-state index is 12.3. The SMILES string of the molecule is CCOC(=O)C1CCCCn2c1c(C#N)c1ccccc12. The Morgan fingerprint density at radius 1 is 1.43 bits per heavy atom. The van der Waals surface area contributed by atoms with E-state index in [9.17, 15) is 10.1 Å². The summed E-state index contributed by atoms with van der Waals surface area (Å²) in [6.45, 7) is 3.04. The lowest BCUT2D eigenvalue weighted by Gasteiger charge is -2.15. The molecule has 0 spiro atoms. The van der Waals surface area contributed by atoms with Crippen molar-refractivity contribution in [2.45, 2.75) is 38.6 Å². The first kappa shape index (κ1) is 13.7. The highest BCUT2D eigenvalue weighted by Crippen LogP contribution is 2.36. The second-order valence-corrected chi connectivity index (χ2v) is 5.34. The summed E-state index contributed by atoms with van der Waals surface area (Å²) in [5.41, 5.74) is 2.51. The third-order valence-corrected chi connectivity index (χ3v) is 4.15. The van der Waals surface area contributed by atoms with Crippen molar-refractivity contribution < 1.29 is 9.53 Å². The van der Waals surface area contributed by atoms with E-state index in [0.29, 0.717) is 12.2 Å². The number of para-hydroxylation sites is 1. The summed E-state index contributed by atoms with van der Waals surface area (Å²) < 4.78 is 7.37. The first-order valence-electron chi connectivity index (χ1n) is 7.45. The minimum absolute atomic E-state index is 0.208. The van der Waals surface area contributed by atoms with E-state index >= 15 is 0 Å². The quantitative estimate of drug-likeness (QED) is 0.794. The summed E-state index contributed by atoms with van der Waals surface area (Å²) in [5.74, 6) is -0.533. The van der Waals surface area contributed by atoms with Crippen LogP contribution in [-0.4, -0.2) is 17.1 Å². The molecule has 1 aliphatic rings. The standard InChI is InChI=1S/C17H18N2O2/c1-2-21-17(20)13-8-5-6-10-19-15-9-4-3-7-12(15)14(11-18)16(13)19/h3-4,7,9,13H,2,5-6,8,10H2,1H3. The summed E-state index contributed by atoms with van der Waals surface area (Å²) in [6, 6.07) is 10.2. The van der Waals surface area contributed by atoms with Gasteiger partial charge in [0, 0.05) is 17.4 Å². The van der Waals surface area contributed by atoms with Gasteiger partial charge in [0.25, 0.3) is 0 Å². The van der Waals surface area contributed by atoms with Crippen LogP contribution < -0.4 is 0 Å². The lowest BCUT2D eigenvalue weighted by atomic mass is 9.96. The fourth-order valence-corrected chi connectivity index (χ4v) is 3.27. The normalized spacial score (nSPS) is 17.8. The summed E-state index contributed by atoms with van der Waals surface area (Å²) >= 11 is 0. The van der Waals surface area contributed by atoms with E-state index in [4.69, 9.17) is 4.74 Å². The fourth-order valence-electron chi connectivity index (χ4n) is 3.27. The number of aromatic nitrogens is 1. The van der Waals surface area contributed by atoms with E-state index in [0.717, 1.165) is 42.4 Å². The average molecular weight is 282 g/mol. The molecule has 1 aromatic heterocycles. The van der Waals surface area contributed by atoms with E-state index in [1.54, 1.807) is 0 Å². The first-order chi connectivity index (χ1) is 10.3. The molecule has 0 saturated carbocycles.